The molecule has 0 amide bonds. The third-order valence-electron chi connectivity index (χ3n) is 4.00. The first-order valence-corrected chi connectivity index (χ1v) is 10.6. The van der Waals surface area contributed by atoms with Crippen LogP contribution in [0.5, 0.6) is 5.75 Å². The van der Waals surface area contributed by atoms with Gasteiger partial charge in [0.05, 0.1) is 16.4 Å². The van der Waals surface area contributed by atoms with Crippen LogP contribution in [0.25, 0.3) is 0 Å². The normalized spacial score (nSPS) is 17.0. The first-order chi connectivity index (χ1) is 11.4. The van der Waals surface area contributed by atoms with Gasteiger partial charge in [0.25, 0.3) is 0 Å². The SMILES string of the molecule is CS(=O)(=O)N1CC(CCl)c2cc(Br)c(OCc3ccccc3)cc21. The molecule has 0 spiro atoms. The first-order valence-electron chi connectivity index (χ1n) is 7.44. The third kappa shape index (κ3) is 3.55. The standard InChI is InChI=1S/C17H17BrClNO3S/c1-24(21,22)20-10-13(9-19)14-7-15(18)17(8-16(14)20)23-11-12-5-3-2-4-6-12/h2-8,13H,9-11H2,1H3. The highest BCUT2D eigenvalue weighted by molar-refractivity contribution is 9.10. The Hall–Kier alpha value is -1.24. The van der Waals surface area contributed by atoms with E-state index >= 15 is 0 Å². The van der Waals surface area contributed by atoms with E-state index in [2.05, 4.69) is 15.9 Å². The number of ether oxygens (including phenoxy) is 1. The zero-order chi connectivity index (χ0) is 17.3. The topological polar surface area (TPSA) is 46.6 Å². The highest BCUT2D eigenvalue weighted by Crippen LogP contribution is 2.43. The van der Waals surface area contributed by atoms with Crippen molar-refractivity contribution in [2.45, 2.75) is 12.5 Å². The molecule has 0 fully saturated rings. The van der Waals surface area contributed by atoms with Crippen LogP contribution in [-0.2, 0) is 16.6 Å². The fourth-order valence-electron chi connectivity index (χ4n) is 2.79. The molecular formula is C17H17BrClNO3S. The smallest absolute Gasteiger partial charge is 0.232 e. The summed E-state index contributed by atoms with van der Waals surface area (Å²) in [4.78, 5) is 0. The molecule has 7 heteroatoms. The van der Waals surface area contributed by atoms with Gasteiger partial charge in [0.2, 0.25) is 10.0 Å². The average Bonchev–Trinajstić information content (AvgIpc) is 2.91. The van der Waals surface area contributed by atoms with E-state index in [4.69, 9.17) is 16.3 Å². The second kappa shape index (κ2) is 6.94. The summed E-state index contributed by atoms with van der Waals surface area (Å²) in [7, 11) is -3.35. The number of halogens is 2. The monoisotopic (exact) mass is 429 g/mol. The number of nitrogens with zero attached hydrogens (tertiary/aromatic N) is 1. The molecule has 1 heterocycles. The van der Waals surface area contributed by atoms with Gasteiger partial charge in [-0.05, 0) is 33.1 Å². The van der Waals surface area contributed by atoms with Crippen molar-refractivity contribution < 1.29 is 13.2 Å². The highest BCUT2D eigenvalue weighted by Gasteiger charge is 2.34. The predicted octanol–water partition coefficient (Wildman–Crippen LogP) is 4.13. The quantitative estimate of drug-likeness (QED) is 0.670. The summed E-state index contributed by atoms with van der Waals surface area (Å²) >= 11 is 9.53. The lowest BCUT2D eigenvalue weighted by molar-refractivity contribution is 0.304. The maximum absolute atomic E-state index is 12.1. The van der Waals surface area contributed by atoms with E-state index in [0.29, 0.717) is 30.5 Å². The summed E-state index contributed by atoms with van der Waals surface area (Å²) in [5.41, 5.74) is 2.62. The van der Waals surface area contributed by atoms with Gasteiger partial charge in [-0.1, -0.05) is 30.3 Å². The van der Waals surface area contributed by atoms with Crippen molar-refractivity contribution >= 4 is 43.2 Å². The van der Waals surface area contributed by atoms with E-state index < -0.39 is 10.0 Å². The summed E-state index contributed by atoms with van der Waals surface area (Å²) in [5.74, 6) is 0.965. The number of alkyl halides is 1. The van der Waals surface area contributed by atoms with Crippen LogP contribution in [0.2, 0.25) is 0 Å². The molecule has 0 bridgehead atoms. The van der Waals surface area contributed by atoms with Crippen molar-refractivity contribution in [3.63, 3.8) is 0 Å². The van der Waals surface area contributed by atoms with Crippen molar-refractivity contribution in [1.29, 1.82) is 0 Å². The maximum atomic E-state index is 12.1. The summed E-state index contributed by atoms with van der Waals surface area (Å²) in [6.45, 7) is 0.780. The minimum atomic E-state index is -3.35. The lowest BCUT2D eigenvalue weighted by Gasteiger charge is -2.18. The molecule has 0 saturated carbocycles. The third-order valence-corrected chi connectivity index (χ3v) is 6.14. The van der Waals surface area contributed by atoms with E-state index in [1.807, 2.05) is 36.4 Å². The van der Waals surface area contributed by atoms with Crippen LogP contribution in [0, 0.1) is 0 Å². The van der Waals surface area contributed by atoms with Gasteiger partial charge >= 0.3 is 0 Å². The molecule has 128 valence electrons. The van der Waals surface area contributed by atoms with Crippen LogP contribution in [0.15, 0.2) is 46.9 Å². The summed E-state index contributed by atoms with van der Waals surface area (Å²) in [6.07, 6.45) is 1.21. The minimum absolute atomic E-state index is 0.0177. The van der Waals surface area contributed by atoms with Crippen LogP contribution in [-0.4, -0.2) is 27.1 Å². The number of benzene rings is 2. The molecule has 0 N–H and O–H groups in total. The van der Waals surface area contributed by atoms with Gasteiger partial charge in [0.15, 0.2) is 0 Å². The molecular weight excluding hydrogens is 414 g/mol. The molecule has 0 radical (unpaired) electrons. The van der Waals surface area contributed by atoms with E-state index in [1.54, 1.807) is 6.07 Å². The van der Waals surface area contributed by atoms with Crippen LogP contribution < -0.4 is 9.04 Å². The molecule has 1 aliphatic rings. The maximum Gasteiger partial charge on any atom is 0.232 e. The molecule has 0 aliphatic carbocycles. The van der Waals surface area contributed by atoms with Crippen molar-refractivity contribution in [2.75, 3.05) is 23.0 Å². The average molecular weight is 431 g/mol. The van der Waals surface area contributed by atoms with E-state index in [9.17, 15) is 8.42 Å². The second-order valence-corrected chi connectivity index (χ2v) is 8.83. The van der Waals surface area contributed by atoms with E-state index in [1.165, 1.54) is 10.6 Å². The molecule has 1 aliphatic heterocycles. The van der Waals surface area contributed by atoms with Crippen LogP contribution >= 0.6 is 27.5 Å². The Kier molecular flexibility index (Phi) is 5.08. The number of rotatable bonds is 5. The number of hydrogen-bond donors (Lipinski definition) is 0. The molecule has 0 aromatic heterocycles. The largest absolute Gasteiger partial charge is 0.488 e. The lowest BCUT2D eigenvalue weighted by atomic mass is 10.0. The number of sulfonamides is 1. The second-order valence-electron chi connectivity index (χ2n) is 5.76. The van der Waals surface area contributed by atoms with Gasteiger partial charge in [0.1, 0.15) is 12.4 Å². The van der Waals surface area contributed by atoms with E-state index in [0.717, 1.165) is 15.6 Å². The Morgan fingerprint density at radius 1 is 1.29 bits per heavy atom. The Morgan fingerprint density at radius 3 is 2.62 bits per heavy atom. The molecule has 1 unspecified atom stereocenters. The van der Waals surface area contributed by atoms with Crippen molar-refractivity contribution in [2.24, 2.45) is 0 Å². The first kappa shape index (κ1) is 17.6. The number of anilines is 1. The summed E-state index contributed by atoms with van der Waals surface area (Å²) in [6, 6.07) is 13.5. The Labute approximate surface area is 155 Å². The molecule has 2 aromatic carbocycles. The van der Waals surface area contributed by atoms with Crippen LogP contribution in [0.3, 0.4) is 0 Å². The Morgan fingerprint density at radius 2 is 2.00 bits per heavy atom. The van der Waals surface area contributed by atoms with Gasteiger partial charge in [-0.3, -0.25) is 4.31 Å². The van der Waals surface area contributed by atoms with Gasteiger partial charge in [0, 0.05) is 24.4 Å². The number of hydrogen-bond acceptors (Lipinski definition) is 3. The number of fused-ring (bicyclic) bond motifs is 1. The van der Waals surface area contributed by atoms with Gasteiger partial charge in [-0.15, -0.1) is 11.6 Å². The molecule has 4 nitrogen and oxygen atoms in total. The fourth-order valence-corrected chi connectivity index (χ4v) is 4.50. The Bertz CT molecular complexity index is 842. The lowest BCUT2D eigenvalue weighted by Crippen LogP contribution is -2.28. The fraction of sp³-hybridized carbons (Fsp3) is 0.294. The molecule has 3 rings (SSSR count). The summed E-state index contributed by atoms with van der Waals surface area (Å²) in [5, 5.41) is 0. The molecule has 1 atom stereocenters. The van der Waals surface area contributed by atoms with Crippen LogP contribution in [0.4, 0.5) is 5.69 Å². The highest BCUT2D eigenvalue weighted by atomic mass is 79.9. The molecule has 2 aromatic rings. The van der Waals surface area contributed by atoms with Crippen molar-refractivity contribution in [3.05, 3.63) is 58.1 Å². The molecule has 0 saturated heterocycles. The van der Waals surface area contributed by atoms with Gasteiger partial charge < -0.3 is 4.74 Å². The predicted molar refractivity (Wildman–Crippen MR) is 101 cm³/mol. The molecule has 24 heavy (non-hydrogen) atoms. The summed E-state index contributed by atoms with van der Waals surface area (Å²) < 4.78 is 32.2. The van der Waals surface area contributed by atoms with Crippen molar-refractivity contribution in [3.8, 4) is 5.75 Å². The Balaban J connectivity index is 1.93. The van der Waals surface area contributed by atoms with Gasteiger partial charge in [-0.2, -0.15) is 0 Å². The van der Waals surface area contributed by atoms with E-state index in [-0.39, 0.29) is 5.92 Å². The zero-order valence-corrected chi connectivity index (χ0v) is 16.2. The minimum Gasteiger partial charge on any atom is -0.488 e. The zero-order valence-electron chi connectivity index (χ0n) is 13.1. The van der Waals surface area contributed by atoms with Crippen molar-refractivity contribution in [1.82, 2.24) is 0 Å². The van der Waals surface area contributed by atoms with Gasteiger partial charge in [-0.25, -0.2) is 8.42 Å². The van der Waals surface area contributed by atoms with Crippen LogP contribution in [0.1, 0.15) is 17.0 Å².